The fourth-order valence-electron chi connectivity index (χ4n) is 2.81. The van der Waals surface area contributed by atoms with Crippen molar-refractivity contribution in [2.45, 2.75) is 24.8 Å². The molecule has 0 amide bonds. The van der Waals surface area contributed by atoms with Crippen molar-refractivity contribution >= 4 is 26.8 Å². The van der Waals surface area contributed by atoms with Crippen molar-refractivity contribution in [2.75, 3.05) is 6.61 Å². The molecule has 140 valence electrons. The Balaban J connectivity index is 2.00. The van der Waals surface area contributed by atoms with Crippen LogP contribution in [0.15, 0.2) is 71.6 Å². The highest BCUT2D eigenvalue weighted by Gasteiger charge is 2.28. The average molecular weight is 383 g/mol. The number of aryl methyl sites for hydroxylation is 1. The van der Waals surface area contributed by atoms with Gasteiger partial charge in [0, 0.05) is 0 Å². The lowest BCUT2D eigenvalue weighted by atomic mass is 10.0. The van der Waals surface area contributed by atoms with E-state index >= 15 is 0 Å². The van der Waals surface area contributed by atoms with Gasteiger partial charge in [0.2, 0.25) is 10.0 Å². The zero-order valence-corrected chi connectivity index (χ0v) is 16.0. The van der Waals surface area contributed by atoms with Crippen LogP contribution in [0.4, 0.5) is 0 Å². The normalized spacial score (nSPS) is 12.7. The molecule has 0 aromatic heterocycles. The van der Waals surface area contributed by atoms with Crippen molar-refractivity contribution in [3.63, 3.8) is 0 Å². The van der Waals surface area contributed by atoms with Crippen molar-refractivity contribution in [1.29, 1.82) is 0 Å². The van der Waals surface area contributed by atoms with Gasteiger partial charge in [0.1, 0.15) is 6.04 Å². The average Bonchev–Trinajstić information content (AvgIpc) is 2.66. The molecule has 0 spiro atoms. The number of nitrogens with one attached hydrogen (secondary N) is 1. The van der Waals surface area contributed by atoms with Gasteiger partial charge in [-0.1, -0.05) is 54.1 Å². The topological polar surface area (TPSA) is 72.5 Å². The summed E-state index contributed by atoms with van der Waals surface area (Å²) in [7, 11) is -3.89. The van der Waals surface area contributed by atoms with Crippen LogP contribution in [-0.4, -0.2) is 21.0 Å². The van der Waals surface area contributed by atoms with Crippen LogP contribution in [0, 0.1) is 6.92 Å². The third-order valence-electron chi connectivity index (χ3n) is 4.23. The van der Waals surface area contributed by atoms with Gasteiger partial charge in [-0.05, 0) is 48.4 Å². The first-order valence-corrected chi connectivity index (χ1v) is 10.1. The van der Waals surface area contributed by atoms with E-state index in [0.29, 0.717) is 5.56 Å². The van der Waals surface area contributed by atoms with Crippen LogP contribution < -0.4 is 4.72 Å². The monoisotopic (exact) mass is 383 g/mol. The number of benzene rings is 3. The molecule has 3 aromatic carbocycles. The summed E-state index contributed by atoms with van der Waals surface area (Å²) < 4.78 is 33.2. The third kappa shape index (κ3) is 4.35. The van der Waals surface area contributed by atoms with E-state index in [1.165, 1.54) is 12.1 Å². The molecule has 0 bridgehead atoms. The number of fused-ring (bicyclic) bond motifs is 1. The second-order valence-corrected chi connectivity index (χ2v) is 7.94. The maximum atomic E-state index is 12.8. The second-order valence-electron chi connectivity index (χ2n) is 6.23. The number of hydrogen-bond acceptors (Lipinski definition) is 4. The summed E-state index contributed by atoms with van der Waals surface area (Å²) in [4.78, 5) is 12.6. The third-order valence-corrected chi connectivity index (χ3v) is 5.67. The predicted octanol–water partition coefficient (Wildman–Crippen LogP) is 3.73. The molecule has 0 aliphatic heterocycles. The Morgan fingerprint density at radius 2 is 1.67 bits per heavy atom. The second kappa shape index (κ2) is 7.90. The molecule has 5 nitrogen and oxygen atoms in total. The highest BCUT2D eigenvalue weighted by atomic mass is 32.2. The van der Waals surface area contributed by atoms with Crippen LogP contribution in [0.5, 0.6) is 0 Å². The summed E-state index contributed by atoms with van der Waals surface area (Å²) in [5, 5.41) is 1.92. The summed E-state index contributed by atoms with van der Waals surface area (Å²) in [6, 6.07) is 18.4. The maximum absolute atomic E-state index is 12.8. The van der Waals surface area contributed by atoms with Crippen LogP contribution in [0.2, 0.25) is 0 Å². The number of hydrogen-bond donors (Lipinski definition) is 1. The molecule has 0 saturated carbocycles. The fraction of sp³-hybridized carbons (Fsp3) is 0.190. The quantitative estimate of drug-likeness (QED) is 0.658. The molecule has 6 heteroatoms. The zero-order valence-electron chi connectivity index (χ0n) is 15.2. The molecular weight excluding hydrogens is 362 g/mol. The minimum absolute atomic E-state index is 0.100. The van der Waals surface area contributed by atoms with Gasteiger partial charge in [-0.2, -0.15) is 4.72 Å². The molecule has 1 N–H and O–H groups in total. The van der Waals surface area contributed by atoms with E-state index in [1.807, 2.05) is 37.3 Å². The fourth-order valence-corrected chi connectivity index (χ4v) is 3.98. The lowest BCUT2D eigenvalue weighted by Crippen LogP contribution is -2.35. The number of carbonyl (C=O) groups excluding carboxylic acids is 1. The maximum Gasteiger partial charge on any atom is 0.328 e. The molecule has 0 saturated heterocycles. The van der Waals surface area contributed by atoms with Gasteiger partial charge >= 0.3 is 5.97 Å². The molecular formula is C21H21NO4S. The SMILES string of the molecule is CCOC(=O)C(NS(=O)(=O)c1ccc(C)cc1)c1ccc2ccccc2c1. The number of ether oxygens (including phenoxy) is 1. The molecule has 3 rings (SSSR count). The Kier molecular flexibility index (Phi) is 5.58. The molecule has 0 heterocycles. The number of rotatable bonds is 6. The smallest absolute Gasteiger partial charge is 0.328 e. The van der Waals surface area contributed by atoms with Gasteiger partial charge in [-0.15, -0.1) is 0 Å². The standard InChI is InChI=1S/C21H21NO4S/c1-3-26-21(23)20(18-11-10-16-6-4-5-7-17(16)14-18)22-27(24,25)19-12-8-15(2)9-13-19/h4-14,20,22H,3H2,1-2H3. The molecule has 0 fully saturated rings. The van der Waals surface area contributed by atoms with Crippen LogP contribution in [0.1, 0.15) is 24.1 Å². The van der Waals surface area contributed by atoms with Crippen molar-refractivity contribution in [1.82, 2.24) is 4.72 Å². The molecule has 0 aliphatic carbocycles. The summed E-state index contributed by atoms with van der Waals surface area (Å²) in [6.07, 6.45) is 0. The minimum Gasteiger partial charge on any atom is -0.465 e. The molecule has 1 atom stereocenters. The first kappa shape index (κ1) is 19.1. The highest BCUT2D eigenvalue weighted by molar-refractivity contribution is 7.89. The Labute approximate surface area is 159 Å². The van der Waals surface area contributed by atoms with Crippen molar-refractivity contribution in [3.05, 3.63) is 77.9 Å². The Bertz CT molecular complexity index is 1060. The summed E-state index contributed by atoms with van der Waals surface area (Å²) in [6.45, 7) is 3.72. The molecule has 27 heavy (non-hydrogen) atoms. The van der Waals surface area contributed by atoms with Crippen molar-refractivity contribution in [3.8, 4) is 0 Å². The largest absolute Gasteiger partial charge is 0.465 e. The van der Waals surface area contributed by atoms with E-state index in [-0.39, 0.29) is 11.5 Å². The number of carbonyl (C=O) groups is 1. The van der Waals surface area contributed by atoms with E-state index in [0.717, 1.165) is 16.3 Å². The predicted molar refractivity (Wildman–Crippen MR) is 105 cm³/mol. The highest BCUT2D eigenvalue weighted by Crippen LogP contribution is 2.23. The summed E-state index contributed by atoms with van der Waals surface area (Å²) in [5.74, 6) is -0.636. The van der Waals surface area contributed by atoms with Crippen LogP contribution >= 0.6 is 0 Å². The van der Waals surface area contributed by atoms with E-state index < -0.39 is 22.0 Å². The number of sulfonamides is 1. The molecule has 0 radical (unpaired) electrons. The minimum atomic E-state index is -3.89. The molecule has 3 aromatic rings. The first-order chi connectivity index (χ1) is 12.9. The summed E-state index contributed by atoms with van der Waals surface area (Å²) in [5.41, 5.74) is 1.48. The Morgan fingerprint density at radius 1 is 1.00 bits per heavy atom. The lowest BCUT2D eigenvalue weighted by Gasteiger charge is -2.18. The van der Waals surface area contributed by atoms with E-state index in [4.69, 9.17) is 4.74 Å². The zero-order chi connectivity index (χ0) is 19.4. The van der Waals surface area contributed by atoms with Gasteiger partial charge < -0.3 is 4.74 Å². The van der Waals surface area contributed by atoms with Gasteiger partial charge in [0.25, 0.3) is 0 Å². The van der Waals surface area contributed by atoms with Crippen LogP contribution in [-0.2, 0) is 19.6 Å². The Hall–Kier alpha value is -2.70. The summed E-state index contributed by atoms with van der Waals surface area (Å²) >= 11 is 0. The first-order valence-electron chi connectivity index (χ1n) is 8.65. The van der Waals surface area contributed by atoms with E-state index in [9.17, 15) is 13.2 Å². The Morgan fingerprint density at radius 3 is 2.33 bits per heavy atom. The van der Waals surface area contributed by atoms with Crippen molar-refractivity contribution < 1.29 is 17.9 Å². The van der Waals surface area contributed by atoms with Gasteiger partial charge in [-0.25, -0.2) is 13.2 Å². The molecule has 0 aliphatic rings. The number of esters is 1. The van der Waals surface area contributed by atoms with Crippen molar-refractivity contribution in [2.24, 2.45) is 0 Å². The van der Waals surface area contributed by atoms with Gasteiger partial charge in [0.05, 0.1) is 11.5 Å². The molecule has 1 unspecified atom stereocenters. The van der Waals surface area contributed by atoms with E-state index in [2.05, 4.69) is 4.72 Å². The van der Waals surface area contributed by atoms with E-state index in [1.54, 1.807) is 31.2 Å². The van der Waals surface area contributed by atoms with Gasteiger partial charge in [-0.3, -0.25) is 0 Å². The van der Waals surface area contributed by atoms with Crippen LogP contribution in [0.25, 0.3) is 10.8 Å². The van der Waals surface area contributed by atoms with Gasteiger partial charge in [0.15, 0.2) is 0 Å². The van der Waals surface area contributed by atoms with Crippen LogP contribution in [0.3, 0.4) is 0 Å². The lowest BCUT2D eigenvalue weighted by molar-refractivity contribution is -0.145.